The quantitative estimate of drug-likeness (QED) is 0.821. The molecule has 0 aromatic heterocycles. The van der Waals surface area contributed by atoms with Crippen LogP contribution in [0.3, 0.4) is 0 Å². The van der Waals surface area contributed by atoms with Gasteiger partial charge in [0.2, 0.25) is 0 Å². The Morgan fingerprint density at radius 2 is 1.95 bits per heavy atom. The van der Waals surface area contributed by atoms with Crippen LogP contribution in [0.25, 0.3) is 0 Å². The van der Waals surface area contributed by atoms with Crippen LogP contribution in [0.1, 0.15) is 37.7 Å². The summed E-state index contributed by atoms with van der Waals surface area (Å²) in [5.74, 6) is 1.99. The van der Waals surface area contributed by atoms with Gasteiger partial charge in [-0.3, -0.25) is 4.90 Å². The van der Waals surface area contributed by atoms with Crippen molar-refractivity contribution in [1.82, 2.24) is 4.90 Å². The summed E-state index contributed by atoms with van der Waals surface area (Å²) in [6.45, 7) is 4.24. The molecular formula is C19H27NO. The number of rotatable bonds is 5. The van der Waals surface area contributed by atoms with Gasteiger partial charge < -0.3 is 4.74 Å². The lowest BCUT2D eigenvalue weighted by molar-refractivity contribution is 0.00318. The predicted molar refractivity (Wildman–Crippen MR) is 85.3 cm³/mol. The van der Waals surface area contributed by atoms with Crippen LogP contribution >= 0.6 is 0 Å². The van der Waals surface area contributed by atoms with E-state index in [4.69, 9.17) is 4.74 Å². The van der Waals surface area contributed by atoms with Crippen molar-refractivity contribution in [2.45, 2.75) is 44.1 Å². The smallest absolute Gasteiger partial charge is 0.0594 e. The molecule has 1 aliphatic heterocycles. The molecule has 21 heavy (non-hydrogen) atoms. The van der Waals surface area contributed by atoms with Gasteiger partial charge in [-0.25, -0.2) is 0 Å². The van der Waals surface area contributed by atoms with Crippen LogP contribution in [0.15, 0.2) is 30.3 Å². The van der Waals surface area contributed by atoms with Gasteiger partial charge in [-0.15, -0.1) is 0 Å². The van der Waals surface area contributed by atoms with Gasteiger partial charge in [0.1, 0.15) is 0 Å². The summed E-state index contributed by atoms with van der Waals surface area (Å²) in [5, 5.41) is 0. The van der Waals surface area contributed by atoms with Crippen molar-refractivity contribution >= 4 is 0 Å². The molecule has 0 unspecified atom stereocenters. The average Bonchev–Trinajstić information content (AvgIpc) is 2.94. The van der Waals surface area contributed by atoms with Crippen LogP contribution < -0.4 is 0 Å². The lowest BCUT2D eigenvalue weighted by Gasteiger charge is -2.35. The van der Waals surface area contributed by atoms with Gasteiger partial charge in [-0.05, 0) is 49.5 Å². The Bertz CT molecular complexity index is 468. The molecular weight excluding hydrogens is 258 g/mol. The van der Waals surface area contributed by atoms with E-state index in [2.05, 4.69) is 35.2 Å². The van der Waals surface area contributed by atoms with Gasteiger partial charge in [0.05, 0.1) is 13.2 Å². The number of hydrogen-bond acceptors (Lipinski definition) is 2. The maximum atomic E-state index is 5.56. The fourth-order valence-corrected chi connectivity index (χ4v) is 5.24. The number of ether oxygens (including phenoxy) is 1. The van der Waals surface area contributed by atoms with Crippen LogP contribution in [0.4, 0.5) is 0 Å². The summed E-state index contributed by atoms with van der Waals surface area (Å²) in [6.07, 6.45) is 8.43. The van der Waals surface area contributed by atoms with Crippen LogP contribution in [0, 0.1) is 11.8 Å². The standard InChI is InChI=1S/C19H27NO/c1-2-6-16(7-3-1)8-4-9-17-18-10-5-11-19(17,18)20-12-14-21-15-13-20/h1-3,6-7,17-18H,4-5,8-15H2/t17-,18-,19-/m0/s1. The second-order valence-electron chi connectivity index (χ2n) is 7.07. The van der Waals surface area contributed by atoms with Crippen molar-refractivity contribution in [3.63, 3.8) is 0 Å². The van der Waals surface area contributed by atoms with Gasteiger partial charge in [-0.2, -0.15) is 0 Å². The molecule has 114 valence electrons. The molecule has 2 nitrogen and oxygen atoms in total. The minimum absolute atomic E-state index is 0.598. The van der Waals surface area contributed by atoms with E-state index < -0.39 is 0 Å². The molecule has 1 aromatic rings. The van der Waals surface area contributed by atoms with E-state index in [-0.39, 0.29) is 0 Å². The zero-order valence-corrected chi connectivity index (χ0v) is 13.0. The molecule has 1 heterocycles. The average molecular weight is 285 g/mol. The van der Waals surface area contributed by atoms with E-state index in [1.807, 2.05) is 0 Å². The molecule has 0 bridgehead atoms. The fourth-order valence-electron chi connectivity index (χ4n) is 5.24. The van der Waals surface area contributed by atoms with Gasteiger partial charge in [0.25, 0.3) is 0 Å². The number of aryl methyl sites for hydroxylation is 1. The molecule has 2 saturated carbocycles. The summed E-state index contributed by atoms with van der Waals surface area (Å²) >= 11 is 0. The highest BCUT2D eigenvalue weighted by Gasteiger charge is 2.68. The van der Waals surface area contributed by atoms with Gasteiger partial charge in [0, 0.05) is 18.6 Å². The minimum atomic E-state index is 0.598. The topological polar surface area (TPSA) is 12.5 Å². The van der Waals surface area contributed by atoms with E-state index in [0.29, 0.717) is 5.54 Å². The zero-order chi connectivity index (χ0) is 14.1. The Hall–Kier alpha value is -0.860. The monoisotopic (exact) mass is 285 g/mol. The van der Waals surface area contributed by atoms with Crippen LogP contribution in [-0.2, 0) is 11.2 Å². The van der Waals surface area contributed by atoms with Crippen molar-refractivity contribution in [3.8, 4) is 0 Å². The first-order chi connectivity index (χ1) is 10.4. The molecule has 3 aliphatic rings. The largest absolute Gasteiger partial charge is 0.379 e. The molecule has 0 N–H and O–H groups in total. The van der Waals surface area contributed by atoms with Crippen molar-refractivity contribution in [2.75, 3.05) is 26.3 Å². The Labute approximate surface area is 128 Å². The second-order valence-corrected chi connectivity index (χ2v) is 7.07. The first kappa shape index (κ1) is 13.8. The molecule has 0 spiro atoms. The van der Waals surface area contributed by atoms with E-state index in [1.165, 1.54) is 57.2 Å². The van der Waals surface area contributed by atoms with Crippen LogP contribution in [-0.4, -0.2) is 36.7 Å². The van der Waals surface area contributed by atoms with E-state index in [0.717, 1.165) is 25.0 Å². The lowest BCUT2D eigenvalue weighted by Crippen LogP contribution is -2.46. The Balaban J connectivity index is 1.34. The third-order valence-corrected chi connectivity index (χ3v) is 6.18. The highest BCUT2D eigenvalue weighted by atomic mass is 16.5. The first-order valence-electron chi connectivity index (χ1n) is 8.78. The van der Waals surface area contributed by atoms with Crippen molar-refractivity contribution in [2.24, 2.45) is 11.8 Å². The summed E-state index contributed by atoms with van der Waals surface area (Å²) in [6, 6.07) is 11.0. The van der Waals surface area contributed by atoms with Gasteiger partial charge in [0.15, 0.2) is 0 Å². The van der Waals surface area contributed by atoms with Crippen molar-refractivity contribution < 1.29 is 4.74 Å². The highest BCUT2D eigenvalue weighted by molar-refractivity contribution is 5.22. The van der Waals surface area contributed by atoms with E-state index >= 15 is 0 Å². The van der Waals surface area contributed by atoms with Crippen LogP contribution in [0.5, 0.6) is 0 Å². The zero-order valence-electron chi connectivity index (χ0n) is 13.0. The second kappa shape index (κ2) is 5.73. The summed E-state index contributed by atoms with van der Waals surface area (Å²) in [4.78, 5) is 2.79. The Morgan fingerprint density at radius 3 is 2.76 bits per heavy atom. The molecule has 0 amide bonds. The SMILES string of the molecule is c1ccc(CCC[C@H]2[C@@H]3CCC[C@]23N2CCOCC2)cc1. The van der Waals surface area contributed by atoms with Gasteiger partial charge >= 0.3 is 0 Å². The lowest BCUT2D eigenvalue weighted by atomic mass is 9.99. The summed E-state index contributed by atoms with van der Waals surface area (Å²) in [5.41, 5.74) is 2.10. The number of hydrogen-bond donors (Lipinski definition) is 0. The minimum Gasteiger partial charge on any atom is -0.379 e. The maximum Gasteiger partial charge on any atom is 0.0594 e. The highest BCUT2D eigenvalue weighted by Crippen LogP contribution is 2.66. The fraction of sp³-hybridized carbons (Fsp3) is 0.684. The number of fused-ring (bicyclic) bond motifs is 1. The molecule has 1 aromatic carbocycles. The van der Waals surface area contributed by atoms with E-state index in [1.54, 1.807) is 0 Å². The Kier molecular flexibility index (Phi) is 3.76. The van der Waals surface area contributed by atoms with Crippen molar-refractivity contribution in [1.29, 1.82) is 0 Å². The van der Waals surface area contributed by atoms with Crippen molar-refractivity contribution in [3.05, 3.63) is 35.9 Å². The number of benzene rings is 1. The van der Waals surface area contributed by atoms with Gasteiger partial charge in [-0.1, -0.05) is 36.8 Å². The first-order valence-corrected chi connectivity index (χ1v) is 8.78. The maximum absolute atomic E-state index is 5.56. The molecule has 3 fully saturated rings. The molecule has 0 radical (unpaired) electrons. The molecule has 2 heteroatoms. The molecule has 2 aliphatic carbocycles. The summed E-state index contributed by atoms with van der Waals surface area (Å²) in [7, 11) is 0. The Morgan fingerprint density at radius 1 is 1.14 bits per heavy atom. The molecule has 3 atom stereocenters. The number of morpholine rings is 1. The third-order valence-electron chi connectivity index (χ3n) is 6.18. The predicted octanol–water partition coefficient (Wildman–Crippen LogP) is 3.51. The summed E-state index contributed by atoms with van der Waals surface area (Å²) < 4.78 is 5.56. The van der Waals surface area contributed by atoms with Crippen LogP contribution in [0.2, 0.25) is 0 Å². The molecule has 1 saturated heterocycles. The third kappa shape index (κ3) is 2.43. The number of nitrogens with zero attached hydrogens (tertiary/aromatic N) is 1. The van der Waals surface area contributed by atoms with E-state index in [9.17, 15) is 0 Å². The normalized spacial score (nSPS) is 35.6. The molecule has 4 rings (SSSR count).